The van der Waals surface area contributed by atoms with Crippen LogP contribution in [0, 0.1) is 24.7 Å². The maximum Gasteiger partial charge on any atom is 0.312 e. The summed E-state index contributed by atoms with van der Waals surface area (Å²) in [7, 11) is 0. The highest BCUT2D eigenvalue weighted by Crippen LogP contribution is 2.54. The fourth-order valence-corrected chi connectivity index (χ4v) is 6.66. The number of nitrogens with zero attached hydrogens (tertiary/aromatic N) is 2. The molecule has 1 spiro atoms. The van der Waals surface area contributed by atoms with Gasteiger partial charge in [-0.15, -0.1) is 0 Å². The topological polar surface area (TPSA) is 96.4 Å². The van der Waals surface area contributed by atoms with Crippen molar-refractivity contribution in [1.82, 2.24) is 4.90 Å². The average Bonchev–Trinajstić information content (AvgIpc) is 3.26. The molecular weight excluding hydrogens is 496 g/mol. The minimum absolute atomic E-state index is 0.150. The summed E-state index contributed by atoms with van der Waals surface area (Å²) in [5.74, 6) is -3.25. The molecule has 0 aromatic heterocycles. The Bertz CT molecular complexity index is 1150. The monoisotopic (exact) mass is 528 g/mol. The van der Waals surface area contributed by atoms with Crippen LogP contribution >= 0.6 is 11.6 Å². The van der Waals surface area contributed by atoms with Crippen LogP contribution in [0.25, 0.3) is 0 Å². The average molecular weight is 529 g/mol. The zero-order valence-corrected chi connectivity index (χ0v) is 22.1. The summed E-state index contributed by atoms with van der Waals surface area (Å²) in [6.45, 7) is 5.81. The lowest BCUT2D eigenvalue weighted by atomic mass is 9.78. The lowest BCUT2D eigenvalue weighted by molar-refractivity contribution is -0.155. The largest absolute Gasteiger partial charge is 0.465 e. The quantitative estimate of drug-likeness (QED) is 0.476. The van der Waals surface area contributed by atoms with Crippen LogP contribution in [-0.4, -0.2) is 71.3 Å². The summed E-state index contributed by atoms with van der Waals surface area (Å²) in [5.41, 5.74) is -0.00768. The summed E-state index contributed by atoms with van der Waals surface area (Å²) < 4.78 is 12.2. The molecule has 0 radical (unpaired) electrons. The van der Waals surface area contributed by atoms with E-state index in [2.05, 4.69) is 0 Å². The Balaban J connectivity index is 1.68. The van der Waals surface area contributed by atoms with Gasteiger partial charge in [0.05, 0.1) is 42.0 Å². The van der Waals surface area contributed by atoms with Crippen molar-refractivity contribution >= 4 is 35.1 Å². The number of aryl methyl sites for hydroxylation is 1. The van der Waals surface area contributed by atoms with E-state index in [9.17, 15) is 19.5 Å². The minimum atomic E-state index is -1.39. The Labute approximate surface area is 221 Å². The number of anilines is 1. The van der Waals surface area contributed by atoms with E-state index in [-0.39, 0.29) is 37.5 Å². The summed E-state index contributed by atoms with van der Waals surface area (Å²) in [5, 5.41) is 10.8. The number of esters is 1. The molecule has 2 fully saturated rings. The molecule has 0 bridgehead atoms. The van der Waals surface area contributed by atoms with Crippen molar-refractivity contribution in [3.8, 4) is 0 Å². The van der Waals surface area contributed by atoms with Gasteiger partial charge >= 0.3 is 5.97 Å². The van der Waals surface area contributed by atoms with Crippen LogP contribution < -0.4 is 4.90 Å². The Morgan fingerprint density at radius 3 is 2.68 bits per heavy atom. The molecule has 2 saturated heterocycles. The normalized spacial score (nSPS) is 33.2. The Morgan fingerprint density at radius 2 is 1.97 bits per heavy atom. The lowest BCUT2D eigenvalue weighted by Gasteiger charge is -2.40. The molecule has 1 aromatic rings. The van der Waals surface area contributed by atoms with Gasteiger partial charge in [0.25, 0.3) is 5.91 Å². The van der Waals surface area contributed by atoms with Gasteiger partial charge in [-0.1, -0.05) is 61.9 Å². The maximum atomic E-state index is 14.5. The van der Waals surface area contributed by atoms with Crippen LogP contribution in [0.15, 0.2) is 42.5 Å². The van der Waals surface area contributed by atoms with Crippen molar-refractivity contribution in [1.29, 1.82) is 0 Å². The molecule has 6 atom stereocenters. The number of carbonyl (C=O) groups excluding carboxylic acids is 3. The van der Waals surface area contributed by atoms with E-state index >= 15 is 0 Å². The number of hydrogen-bond donors (Lipinski definition) is 1. The molecular formula is C28H33ClN2O6. The third-order valence-electron chi connectivity index (χ3n) is 8.06. The lowest BCUT2D eigenvalue weighted by Crippen LogP contribution is -2.59. The predicted octanol–water partition coefficient (Wildman–Crippen LogP) is 3.04. The van der Waals surface area contributed by atoms with Crippen molar-refractivity contribution in [3.63, 3.8) is 0 Å². The van der Waals surface area contributed by atoms with Gasteiger partial charge in [0.1, 0.15) is 17.6 Å². The summed E-state index contributed by atoms with van der Waals surface area (Å²) in [4.78, 5) is 45.1. The molecule has 0 aliphatic carbocycles. The number of benzene rings is 1. The predicted molar refractivity (Wildman–Crippen MR) is 138 cm³/mol. The zero-order chi connectivity index (χ0) is 26.5. The molecule has 198 valence electrons. The van der Waals surface area contributed by atoms with E-state index in [0.717, 1.165) is 12.0 Å². The first-order valence-electron chi connectivity index (χ1n) is 12.9. The number of allylic oxidation sites excluding steroid dienone is 1. The molecule has 5 rings (SSSR count). The number of fused-ring (bicyclic) bond motifs is 2. The molecule has 9 heteroatoms. The minimum Gasteiger partial charge on any atom is -0.465 e. The number of hydrogen-bond acceptors (Lipinski definition) is 6. The molecule has 37 heavy (non-hydrogen) atoms. The van der Waals surface area contributed by atoms with Crippen LogP contribution in [0.4, 0.5) is 5.69 Å². The van der Waals surface area contributed by atoms with E-state index in [1.165, 1.54) is 4.90 Å². The smallest absolute Gasteiger partial charge is 0.312 e. The highest BCUT2D eigenvalue weighted by molar-refractivity contribution is 6.34. The van der Waals surface area contributed by atoms with Gasteiger partial charge < -0.3 is 24.4 Å². The van der Waals surface area contributed by atoms with Gasteiger partial charge in [0.15, 0.2) is 0 Å². The van der Waals surface area contributed by atoms with Gasteiger partial charge in [0.2, 0.25) is 5.91 Å². The number of carbonyl (C=O) groups is 3. The van der Waals surface area contributed by atoms with Crippen molar-refractivity contribution in [2.24, 2.45) is 17.8 Å². The molecule has 1 unspecified atom stereocenters. The van der Waals surface area contributed by atoms with E-state index in [1.54, 1.807) is 17.0 Å². The summed E-state index contributed by atoms with van der Waals surface area (Å²) in [6.07, 6.45) is 8.06. The number of ether oxygens (including phenoxy) is 2. The second-order valence-corrected chi connectivity index (χ2v) is 11.0. The Kier molecular flexibility index (Phi) is 6.94. The fourth-order valence-electron chi connectivity index (χ4n) is 6.34. The van der Waals surface area contributed by atoms with Crippen molar-refractivity contribution < 1.29 is 29.0 Å². The summed E-state index contributed by atoms with van der Waals surface area (Å²) >= 11 is 6.57. The first-order chi connectivity index (χ1) is 17.7. The van der Waals surface area contributed by atoms with E-state index < -0.39 is 41.6 Å². The number of aliphatic hydroxyl groups excluding tert-OH is 1. The van der Waals surface area contributed by atoms with Crippen molar-refractivity contribution in [3.05, 3.63) is 53.1 Å². The number of amides is 2. The number of aliphatic hydroxyl groups is 1. The molecule has 1 aromatic carbocycles. The Hall–Kier alpha value is -2.68. The van der Waals surface area contributed by atoms with E-state index in [4.69, 9.17) is 21.1 Å². The molecule has 2 amide bonds. The molecule has 4 aliphatic rings. The van der Waals surface area contributed by atoms with Crippen LogP contribution in [0.1, 0.15) is 32.3 Å². The van der Waals surface area contributed by atoms with Gasteiger partial charge in [-0.25, -0.2) is 0 Å². The van der Waals surface area contributed by atoms with Gasteiger partial charge in [-0.2, -0.15) is 0 Å². The highest BCUT2D eigenvalue weighted by atomic mass is 35.5. The van der Waals surface area contributed by atoms with E-state index in [0.29, 0.717) is 17.1 Å². The zero-order valence-electron chi connectivity index (χ0n) is 21.3. The third-order valence-corrected chi connectivity index (χ3v) is 8.37. The number of likely N-dealkylation sites (tertiary alicyclic amines) is 1. The van der Waals surface area contributed by atoms with Gasteiger partial charge in [-0.3, -0.25) is 14.4 Å². The highest BCUT2D eigenvalue weighted by Gasteiger charge is 2.72. The van der Waals surface area contributed by atoms with Crippen LogP contribution in [0.2, 0.25) is 5.02 Å². The van der Waals surface area contributed by atoms with Gasteiger partial charge in [-0.05, 0) is 37.3 Å². The molecule has 8 nitrogen and oxygen atoms in total. The fraction of sp³-hybridized carbons (Fsp3) is 0.536. The maximum absolute atomic E-state index is 14.5. The van der Waals surface area contributed by atoms with Crippen molar-refractivity contribution in [2.75, 3.05) is 24.7 Å². The van der Waals surface area contributed by atoms with Crippen LogP contribution in [0.5, 0.6) is 0 Å². The number of rotatable bonds is 4. The standard InChI is InChI=1S/C28H33ClN2O6/c1-16(2)19(15-32)31-24-26(34)30(23-17(3)9-7-10-18(23)29)13-8-12-28(24)22(25(31)33)21-20(37-28)11-5-4-6-14-36-27(21)35/h5,7-12,16,19-22,24,32H,4,6,13-15H2,1-3H3/b11-5-/t19-,20-,21+,22-,24?,28-/m0/s1. The first-order valence-corrected chi connectivity index (χ1v) is 13.3. The molecule has 0 saturated carbocycles. The van der Waals surface area contributed by atoms with Crippen LogP contribution in [-0.2, 0) is 23.9 Å². The van der Waals surface area contributed by atoms with Gasteiger partial charge in [0, 0.05) is 6.54 Å². The number of para-hydroxylation sites is 1. The molecule has 4 aliphatic heterocycles. The number of halogens is 1. The second kappa shape index (κ2) is 9.89. The first kappa shape index (κ1) is 25.9. The Morgan fingerprint density at radius 1 is 1.19 bits per heavy atom. The van der Waals surface area contributed by atoms with E-state index in [1.807, 2.05) is 51.1 Å². The van der Waals surface area contributed by atoms with Crippen LogP contribution in [0.3, 0.4) is 0 Å². The summed E-state index contributed by atoms with van der Waals surface area (Å²) in [6, 6.07) is 3.69. The molecule has 1 N–H and O–H groups in total. The molecule has 4 heterocycles. The third kappa shape index (κ3) is 4.01. The van der Waals surface area contributed by atoms with Crippen molar-refractivity contribution in [2.45, 2.75) is 57.4 Å². The SMILES string of the molecule is Cc1cccc(Cl)c1N1CC=C[C@]23O[C@H]4/C=C\CCCOC(=O)[C@H]4[C@H]2C(=O)N([C@@H](CO)C(C)C)C3C1=O. The number of cyclic esters (lactones) is 1. The second-order valence-electron chi connectivity index (χ2n) is 10.6.